The summed E-state index contributed by atoms with van der Waals surface area (Å²) >= 11 is 0. The molecule has 0 aromatic carbocycles. The Hall–Kier alpha value is -0.630. The second-order valence-electron chi connectivity index (χ2n) is 3.70. The normalized spacial score (nSPS) is 43.9. The molecule has 0 bridgehead atoms. The fraction of sp³-hybridized carbons (Fsp3) is 0.875. The Balaban J connectivity index is 2.17. The van der Waals surface area contributed by atoms with E-state index in [0.717, 1.165) is 12.8 Å². The monoisotopic (exact) mass is 168 g/mol. The van der Waals surface area contributed by atoms with Gasteiger partial charge in [-0.25, -0.2) is 0 Å². The highest BCUT2D eigenvalue weighted by molar-refractivity contribution is 5.19. The lowest BCUT2D eigenvalue weighted by Gasteiger charge is -2.35. The summed E-state index contributed by atoms with van der Waals surface area (Å²) in [5.74, 6) is -0.443. The summed E-state index contributed by atoms with van der Waals surface area (Å²) in [6.45, 7) is 0.402. The van der Waals surface area contributed by atoms with Gasteiger partial charge < -0.3 is 15.5 Å². The summed E-state index contributed by atoms with van der Waals surface area (Å²) in [7, 11) is 0. The molecule has 0 aromatic rings. The van der Waals surface area contributed by atoms with E-state index in [9.17, 15) is 10.2 Å². The van der Waals surface area contributed by atoms with E-state index >= 15 is 0 Å². The van der Waals surface area contributed by atoms with Crippen molar-refractivity contribution in [3.63, 3.8) is 0 Å². The molecule has 1 heterocycles. The Morgan fingerprint density at radius 2 is 2.08 bits per heavy atom. The SMILES string of the molecule is N#C[C@@H]1[C@@H](O)[C@H](O)CNC12CC2. The average Bonchev–Trinajstić information content (AvgIpc) is 2.81. The maximum atomic E-state index is 9.50. The van der Waals surface area contributed by atoms with Crippen molar-refractivity contribution < 1.29 is 10.2 Å². The summed E-state index contributed by atoms with van der Waals surface area (Å²) in [5, 5.41) is 30.7. The number of aliphatic hydroxyl groups is 2. The summed E-state index contributed by atoms with van der Waals surface area (Å²) in [4.78, 5) is 0. The van der Waals surface area contributed by atoms with Crippen molar-refractivity contribution in [1.29, 1.82) is 5.26 Å². The molecule has 1 aliphatic heterocycles. The second-order valence-corrected chi connectivity index (χ2v) is 3.70. The summed E-state index contributed by atoms with van der Waals surface area (Å²) in [6, 6.07) is 2.06. The van der Waals surface area contributed by atoms with Crippen LogP contribution in [0.2, 0.25) is 0 Å². The minimum absolute atomic E-state index is 0.173. The van der Waals surface area contributed by atoms with Crippen LogP contribution >= 0.6 is 0 Å². The molecule has 2 aliphatic rings. The van der Waals surface area contributed by atoms with E-state index in [0.29, 0.717) is 6.54 Å². The van der Waals surface area contributed by atoms with Crippen LogP contribution in [-0.2, 0) is 0 Å². The van der Waals surface area contributed by atoms with E-state index < -0.39 is 18.1 Å². The highest BCUT2D eigenvalue weighted by Crippen LogP contribution is 2.45. The van der Waals surface area contributed by atoms with Gasteiger partial charge in [-0.05, 0) is 12.8 Å². The van der Waals surface area contributed by atoms with Gasteiger partial charge in [0.1, 0.15) is 0 Å². The molecular formula is C8H12N2O2. The summed E-state index contributed by atoms with van der Waals surface area (Å²) in [6.07, 6.45) is 0.212. The molecule has 66 valence electrons. The van der Waals surface area contributed by atoms with Crippen LogP contribution in [-0.4, -0.2) is 34.5 Å². The third kappa shape index (κ3) is 0.944. The van der Waals surface area contributed by atoms with Crippen LogP contribution in [0, 0.1) is 17.2 Å². The molecule has 1 saturated carbocycles. The number of piperidine rings is 1. The maximum absolute atomic E-state index is 9.50. The first-order valence-electron chi connectivity index (χ1n) is 4.20. The van der Waals surface area contributed by atoms with E-state index in [1.165, 1.54) is 0 Å². The lowest BCUT2D eigenvalue weighted by molar-refractivity contribution is -0.0398. The minimum Gasteiger partial charge on any atom is -0.389 e. The lowest BCUT2D eigenvalue weighted by atomic mass is 9.85. The minimum atomic E-state index is -0.876. The fourth-order valence-corrected chi connectivity index (χ4v) is 1.91. The predicted molar refractivity (Wildman–Crippen MR) is 41.1 cm³/mol. The van der Waals surface area contributed by atoms with Crippen molar-refractivity contribution in [1.82, 2.24) is 5.32 Å². The Bertz CT molecular complexity index is 232. The van der Waals surface area contributed by atoms with Crippen molar-refractivity contribution >= 4 is 0 Å². The van der Waals surface area contributed by atoms with Crippen molar-refractivity contribution in [2.75, 3.05) is 6.54 Å². The van der Waals surface area contributed by atoms with Crippen molar-refractivity contribution in [2.45, 2.75) is 30.6 Å². The zero-order valence-electron chi connectivity index (χ0n) is 6.70. The topological polar surface area (TPSA) is 76.3 Å². The van der Waals surface area contributed by atoms with Crippen LogP contribution < -0.4 is 5.32 Å². The third-order valence-electron chi connectivity index (χ3n) is 2.92. The number of hydrogen-bond donors (Lipinski definition) is 3. The quantitative estimate of drug-likeness (QED) is 0.433. The molecule has 12 heavy (non-hydrogen) atoms. The molecule has 2 rings (SSSR count). The maximum Gasteiger partial charge on any atom is 0.0987 e. The highest BCUT2D eigenvalue weighted by Gasteiger charge is 2.56. The Kier molecular flexibility index (Phi) is 1.62. The second kappa shape index (κ2) is 2.43. The molecule has 2 fully saturated rings. The number of rotatable bonds is 0. The molecule has 4 heteroatoms. The number of hydrogen-bond acceptors (Lipinski definition) is 4. The van der Waals surface area contributed by atoms with E-state index in [4.69, 9.17) is 5.26 Å². The van der Waals surface area contributed by atoms with Gasteiger partial charge in [0, 0.05) is 12.1 Å². The molecule has 0 amide bonds. The average molecular weight is 168 g/mol. The smallest absolute Gasteiger partial charge is 0.0987 e. The van der Waals surface area contributed by atoms with Gasteiger partial charge in [0.2, 0.25) is 0 Å². The highest BCUT2D eigenvalue weighted by atomic mass is 16.3. The molecule has 0 radical (unpaired) electrons. The zero-order valence-corrected chi connectivity index (χ0v) is 6.70. The molecule has 3 N–H and O–H groups in total. The van der Waals surface area contributed by atoms with E-state index in [-0.39, 0.29) is 5.54 Å². The first-order chi connectivity index (χ1) is 5.69. The molecule has 4 nitrogen and oxygen atoms in total. The molecule has 0 unspecified atom stereocenters. The van der Waals surface area contributed by atoms with Crippen molar-refractivity contribution in [3.05, 3.63) is 0 Å². The van der Waals surface area contributed by atoms with Gasteiger partial charge in [0.25, 0.3) is 0 Å². The number of nitrogens with one attached hydrogen (secondary N) is 1. The fourth-order valence-electron chi connectivity index (χ4n) is 1.91. The van der Waals surface area contributed by atoms with Gasteiger partial charge in [-0.15, -0.1) is 0 Å². The number of aliphatic hydroxyl groups excluding tert-OH is 2. The van der Waals surface area contributed by atoms with Gasteiger partial charge in [-0.2, -0.15) is 5.26 Å². The molecule has 1 aliphatic carbocycles. The van der Waals surface area contributed by atoms with Crippen molar-refractivity contribution in [3.8, 4) is 6.07 Å². The van der Waals surface area contributed by atoms with Gasteiger partial charge in [0.05, 0.1) is 24.2 Å². The zero-order chi connectivity index (χ0) is 8.77. The molecule has 3 atom stereocenters. The molecular weight excluding hydrogens is 156 g/mol. The summed E-state index contributed by atoms with van der Waals surface area (Å²) in [5.41, 5.74) is -0.173. The Labute approximate surface area is 70.8 Å². The van der Waals surface area contributed by atoms with Gasteiger partial charge in [-0.1, -0.05) is 0 Å². The van der Waals surface area contributed by atoms with Gasteiger partial charge in [-0.3, -0.25) is 0 Å². The largest absolute Gasteiger partial charge is 0.389 e. The number of nitriles is 1. The van der Waals surface area contributed by atoms with E-state index in [1.807, 2.05) is 0 Å². The molecule has 1 spiro atoms. The Morgan fingerprint density at radius 1 is 1.42 bits per heavy atom. The van der Waals surface area contributed by atoms with Crippen LogP contribution in [0.25, 0.3) is 0 Å². The standard InChI is InChI=1S/C8H12N2O2/c9-3-5-7(12)6(11)4-10-8(5)1-2-8/h5-7,10-12H,1-2,4H2/t5-,6-,7-/m1/s1. The van der Waals surface area contributed by atoms with Crippen LogP contribution in [0.15, 0.2) is 0 Å². The molecule has 1 saturated heterocycles. The Morgan fingerprint density at radius 3 is 2.58 bits per heavy atom. The number of nitrogens with zero attached hydrogens (tertiary/aromatic N) is 1. The van der Waals surface area contributed by atoms with Gasteiger partial charge in [0.15, 0.2) is 0 Å². The first kappa shape index (κ1) is 7.99. The predicted octanol–water partition coefficient (Wildman–Crippen LogP) is -1.02. The third-order valence-corrected chi connectivity index (χ3v) is 2.92. The van der Waals surface area contributed by atoms with E-state index in [2.05, 4.69) is 11.4 Å². The van der Waals surface area contributed by atoms with Crippen LogP contribution in [0.4, 0.5) is 0 Å². The van der Waals surface area contributed by atoms with Crippen LogP contribution in [0.5, 0.6) is 0 Å². The van der Waals surface area contributed by atoms with Gasteiger partial charge >= 0.3 is 0 Å². The number of β-amino-alcohol motifs (C(OH)–C–C–N with tert-alkyl or cyclic N) is 1. The van der Waals surface area contributed by atoms with Crippen LogP contribution in [0.1, 0.15) is 12.8 Å². The lowest BCUT2D eigenvalue weighted by Crippen LogP contribution is -2.57. The van der Waals surface area contributed by atoms with Crippen molar-refractivity contribution in [2.24, 2.45) is 5.92 Å². The van der Waals surface area contributed by atoms with Crippen LogP contribution in [0.3, 0.4) is 0 Å². The van der Waals surface area contributed by atoms with E-state index in [1.54, 1.807) is 0 Å². The molecule has 0 aromatic heterocycles. The summed E-state index contributed by atoms with van der Waals surface area (Å²) < 4.78 is 0. The first-order valence-corrected chi connectivity index (χ1v) is 4.20.